The molecule has 3 fully saturated rings. The summed E-state index contributed by atoms with van der Waals surface area (Å²) in [4.78, 5) is 14.3. The van der Waals surface area contributed by atoms with Gasteiger partial charge in [0.15, 0.2) is 0 Å². The Bertz CT molecular complexity index is 293. The second-order valence-electron chi connectivity index (χ2n) is 5.91. The molecule has 3 heterocycles. The zero-order valence-corrected chi connectivity index (χ0v) is 10.4. The summed E-state index contributed by atoms with van der Waals surface area (Å²) in [5.41, 5.74) is 6.10. The SMILES string of the molecule is NC1CC2CCC(C1)N2C1CCCNC(=O)C1. The molecule has 0 aromatic rings. The van der Waals surface area contributed by atoms with E-state index in [1.807, 2.05) is 0 Å². The van der Waals surface area contributed by atoms with Gasteiger partial charge in [0.25, 0.3) is 0 Å². The number of amides is 1. The van der Waals surface area contributed by atoms with E-state index in [4.69, 9.17) is 5.73 Å². The van der Waals surface area contributed by atoms with Gasteiger partial charge in [-0.3, -0.25) is 9.69 Å². The van der Waals surface area contributed by atoms with Crippen LogP contribution in [0.3, 0.4) is 0 Å². The molecular weight excluding hydrogens is 214 g/mol. The molecule has 96 valence electrons. The minimum atomic E-state index is 0.238. The first kappa shape index (κ1) is 11.5. The Morgan fingerprint density at radius 1 is 1.12 bits per heavy atom. The van der Waals surface area contributed by atoms with Crippen LogP contribution in [0.4, 0.5) is 0 Å². The van der Waals surface area contributed by atoms with Crippen LogP contribution >= 0.6 is 0 Å². The second kappa shape index (κ2) is 4.58. The first-order valence-electron chi connectivity index (χ1n) is 7.04. The maximum Gasteiger partial charge on any atom is 0.221 e. The number of hydrogen-bond donors (Lipinski definition) is 2. The Kier molecular flexibility index (Phi) is 3.09. The molecule has 3 aliphatic heterocycles. The topological polar surface area (TPSA) is 58.4 Å². The van der Waals surface area contributed by atoms with Gasteiger partial charge in [-0.1, -0.05) is 0 Å². The largest absolute Gasteiger partial charge is 0.356 e. The summed E-state index contributed by atoms with van der Waals surface area (Å²) in [5, 5.41) is 2.98. The van der Waals surface area contributed by atoms with E-state index in [9.17, 15) is 4.79 Å². The molecule has 1 amide bonds. The lowest BCUT2D eigenvalue weighted by Crippen LogP contribution is -2.52. The van der Waals surface area contributed by atoms with Gasteiger partial charge in [-0.05, 0) is 38.5 Å². The van der Waals surface area contributed by atoms with Gasteiger partial charge in [-0.25, -0.2) is 0 Å². The number of nitrogens with one attached hydrogen (secondary N) is 1. The molecule has 2 bridgehead atoms. The van der Waals surface area contributed by atoms with E-state index < -0.39 is 0 Å². The molecule has 17 heavy (non-hydrogen) atoms. The van der Waals surface area contributed by atoms with E-state index >= 15 is 0 Å². The van der Waals surface area contributed by atoms with Crippen LogP contribution in [0.5, 0.6) is 0 Å². The lowest BCUT2D eigenvalue weighted by atomic mass is 9.94. The maximum atomic E-state index is 11.7. The smallest absolute Gasteiger partial charge is 0.221 e. The van der Waals surface area contributed by atoms with Crippen molar-refractivity contribution < 1.29 is 4.79 Å². The highest BCUT2D eigenvalue weighted by Gasteiger charge is 2.43. The van der Waals surface area contributed by atoms with Crippen LogP contribution in [0.25, 0.3) is 0 Å². The monoisotopic (exact) mass is 237 g/mol. The summed E-state index contributed by atoms with van der Waals surface area (Å²) in [7, 11) is 0. The lowest BCUT2D eigenvalue weighted by Gasteiger charge is -2.42. The predicted molar refractivity (Wildman–Crippen MR) is 66.5 cm³/mol. The summed E-state index contributed by atoms with van der Waals surface area (Å²) in [6.45, 7) is 0.859. The molecule has 3 unspecified atom stereocenters. The molecule has 3 N–H and O–H groups in total. The quantitative estimate of drug-likeness (QED) is 0.702. The van der Waals surface area contributed by atoms with E-state index in [-0.39, 0.29) is 5.91 Å². The van der Waals surface area contributed by atoms with E-state index in [1.54, 1.807) is 0 Å². The number of hydrogen-bond acceptors (Lipinski definition) is 3. The standard InChI is InChI=1S/C13H23N3O/c14-9-6-11-3-4-12(7-9)16(11)10-2-1-5-15-13(17)8-10/h9-12H,1-8,14H2,(H,15,17). The van der Waals surface area contributed by atoms with Gasteiger partial charge in [0, 0.05) is 37.1 Å². The summed E-state index contributed by atoms with van der Waals surface area (Å²) in [6.07, 6.45) is 7.83. The number of piperidine rings is 1. The van der Waals surface area contributed by atoms with Gasteiger partial charge in [-0.2, -0.15) is 0 Å². The first-order valence-corrected chi connectivity index (χ1v) is 7.04. The van der Waals surface area contributed by atoms with Crippen LogP contribution in [0.2, 0.25) is 0 Å². The Labute approximate surface area is 103 Å². The maximum absolute atomic E-state index is 11.7. The van der Waals surface area contributed by atoms with Crippen molar-refractivity contribution in [2.45, 2.75) is 69.1 Å². The van der Waals surface area contributed by atoms with Crippen molar-refractivity contribution in [3.63, 3.8) is 0 Å². The summed E-state index contributed by atoms with van der Waals surface area (Å²) < 4.78 is 0. The molecule has 0 aromatic carbocycles. The third-order valence-corrected chi connectivity index (χ3v) is 4.70. The average molecular weight is 237 g/mol. The van der Waals surface area contributed by atoms with Crippen LogP contribution in [-0.4, -0.2) is 41.5 Å². The Hall–Kier alpha value is -0.610. The van der Waals surface area contributed by atoms with Crippen LogP contribution in [-0.2, 0) is 4.79 Å². The van der Waals surface area contributed by atoms with Crippen molar-refractivity contribution in [1.29, 1.82) is 0 Å². The molecule has 0 aliphatic carbocycles. The second-order valence-corrected chi connectivity index (χ2v) is 5.91. The van der Waals surface area contributed by atoms with Crippen molar-refractivity contribution in [3.8, 4) is 0 Å². The summed E-state index contributed by atoms with van der Waals surface area (Å²) >= 11 is 0. The number of carbonyl (C=O) groups excluding carboxylic acids is 1. The summed E-state index contributed by atoms with van der Waals surface area (Å²) in [6, 6.07) is 2.17. The molecular formula is C13H23N3O. The molecule has 3 saturated heterocycles. The third kappa shape index (κ3) is 2.20. The van der Waals surface area contributed by atoms with Crippen molar-refractivity contribution in [2.75, 3.05) is 6.54 Å². The van der Waals surface area contributed by atoms with Gasteiger partial charge in [0.05, 0.1) is 0 Å². The Morgan fingerprint density at radius 3 is 2.53 bits per heavy atom. The van der Waals surface area contributed by atoms with Gasteiger partial charge >= 0.3 is 0 Å². The highest BCUT2D eigenvalue weighted by atomic mass is 16.1. The fraction of sp³-hybridized carbons (Fsp3) is 0.923. The number of nitrogens with two attached hydrogens (primary N) is 1. The lowest BCUT2D eigenvalue weighted by molar-refractivity contribution is -0.122. The van der Waals surface area contributed by atoms with Crippen LogP contribution in [0.1, 0.15) is 44.9 Å². The molecule has 0 aromatic heterocycles. The van der Waals surface area contributed by atoms with Crippen LogP contribution in [0.15, 0.2) is 0 Å². The third-order valence-electron chi connectivity index (χ3n) is 4.70. The van der Waals surface area contributed by atoms with E-state index in [0.29, 0.717) is 30.6 Å². The number of fused-ring (bicyclic) bond motifs is 2. The Balaban J connectivity index is 1.73. The fourth-order valence-electron chi connectivity index (χ4n) is 4.06. The minimum absolute atomic E-state index is 0.238. The van der Waals surface area contributed by atoms with Gasteiger partial charge < -0.3 is 11.1 Å². The fourth-order valence-corrected chi connectivity index (χ4v) is 4.06. The molecule has 0 radical (unpaired) electrons. The Morgan fingerprint density at radius 2 is 1.82 bits per heavy atom. The highest BCUT2D eigenvalue weighted by Crippen LogP contribution is 2.38. The molecule has 3 aliphatic rings. The van der Waals surface area contributed by atoms with E-state index in [2.05, 4.69) is 10.2 Å². The molecule has 3 rings (SSSR count). The van der Waals surface area contributed by atoms with Gasteiger partial charge in [0.1, 0.15) is 0 Å². The normalized spacial score (nSPS) is 43.2. The number of nitrogens with zero attached hydrogens (tertiary/aromatic N) is 1. The predicted octanol–water partition coefficient (Wildman–Crippen LogP) is 0.609. The van der Waals surface area contributed by atoms with E-state index in [0.717, 1.165) is 25.8 Å². The zero-order chi connectivity index (χ0) is 11.8. The van der Waals surface area contributed by atoms with Crippen molar-refractivity contribution in [2.24, 2.45) is 5.73 Å². The van der Waals surface area contributed by atoms with Crippen LogP contribution < -0.4 is 11.1 Å². The molecule has 0 spiro atoms. The van der Waals surface area contributed by atoms with Gasteiger partial charge in [-0.15, -0.1) is 0 Å². The number of carbonyl (C=O) groups is 1. The molecule has 4 nitrogen and oxygen atoms in total. The van der Waals surface area contributed by atoms with E-state index in [1.165, 1.54) is 19.3 Å². The average Bonchev–Trinajstić information content (AvgIpc) is 2.49. The first-order chi connectivity index (χ1) is 8.24. The minimum Gasteiger partial charge on any atom is -0.356 e. The summed E-state index contributed by atoms with van der Waals surface area (Å²) in [5.74, 6) is 0.238. The van der Waals surface area contributed by atoms with Crippen LogP contribution in [0, 0.1) is 0 Å². The number of rotatable bonds is 1. The van der Waals surface area contributed by atoms with Crippen molar-refractivity contribution in [3.05, 3.63) is 0 Å². The van der Waals surface area contributed by atoms with Crippen molar-refractivity contribution in [1.82, 2.24) is 10.2 Å². The molecule has 0 saturated carbocycles. The highest BCUT2D eigenvalue weighted by molar-refractivity contribution is 5.76. The zero-order valence-electron chi connectivity index (χ0n) is 10.4. The molecule has 4 heteroatoms. The van der Waals surface area contributed by atoms with Crippen molar-refractivity contribution >= 4 is 5.91 Å². The molecule has 3 atom stereocenters. The van der Waals surface area contributed by atoms with Gasteiger partial charge in [0.2, 0.25) is 5.91 Å².